The van der Waals surface area contributed by atoms with Gasteiger partial charge in [0.15, 0.2) is 0 Å². The number of nitrogens with one attached hydrogen (secondary N) is 1. The monoisotopic (exact) mass is 367 g/mol. The van der Waals surface area contributed by atoms with E-state index in [0.29, 0.717) is 0 Å². The molecule has 2 fully saturated rings. The van der Waals surface area contributed by atoms with E-state index >= 15 is 0 Å². The number of carbonyl (C=O) groups is 1. The van der Waals surface area contributed by atoms with Gasteiger partial charge in [0, 0.05) is 63.6 Å². The molecule has 1 aliphatic heterocycles. The molecule has 0 unspecified atom stereocenters. The van der Waals surface area contributed by atoms with Gasteiger partial charge in [-0.1, -0.05) is 30.3 Å². The van der Waals surface area contributed by atoms with E-state index < -0.39 is 0 Å². The number of likely N-dealkylation sites (N-methyl/N-ethyl adjacent to an activating group) is 1. The summed E-state index contributed by atoms with van der Waals surface area (Å²) in [5.41, 5.74) is 1.52. The van der Waals surface area contributed by atoms with Crippen molar-refractivity contribution in [2.45, 2.75) is 38.4 Å². The number of carbonyl (C=O) groups excluding carboxylic acids is 1. The van der Waals surface area contributed by atoms with Crippen molar-refractivity contribution < 1.29 is 4.79 Å². The molecule has 2 heterocycles. The summed E-state index contributed by atoms with van der Waals surface area (Å²) >= 11 is 0. The zero-order valence-corrected chi connectivity index (χ0v) is 16.1. The largest absolute Gasteiger partial charge is 0.337 e. The molecule has 1 atom stereocenters. The van der Waals surface area contributed by atoms with Gasteiger partial charge in [0.25, 0.3) is 0 Å². The molecular weight excluding hydrogens is 338 g/mol. The first-order chi connectivity index (χ1) is 13.1. The fraction of sp³-hybridized carbons (Fsp3) is 0.524. The molecule has 27 heavy (non-hydrogen) atoms. The Hall–Kier alpha value is -2.34. The van der Waals surface area contributed by atoms with E-state index in [4.69, 9.17) is 0 Å². The highest BCUT2D eigenvalue weighted by Gasteiger charge is 2.43. The van der Waals surface area contributed by atoms with Crippen molar-refractivity contribution in [1.82, 2.24) is 24.9 Å². The smallest absolute Gasteiger partial charge is 0.317 e. The number of urea groups is 1. The highest BCUT2D eigenvalue weighted by Crippen LogP contribution is 2.46. The number of aromatic nitrogens is 2. The molecule has 144 valence electrons. The molecule has 1 N–H and O–H groups in total. The third-order valence-corrected chi connectivity index (χ3v) is 5.99. The van der Waals surface area contributed by atoms with Crippen LogP contribution in [0.15, 0.2) is 48.8 Å². The number of benzene rings is 1. The lowest BCUT2D eigenvalue weighted by Crippen LogP contribution is -2.46. The van der Waals surface area contributed by atoms with E-state index in [0.717, 1.165) is 52.0 Å². The molecule has 1 aromatic carbocycles. The molecule has 0 spiro atoms. The second-order valence-electron chi connectivity index (χ2n) is 8.14. The van der Waals surface area contributed by atoms with Crippen LogP contribution in [0.1, 0.15) is 24.8 Å². The second kappa shape index (κ2) is 7.72. The molecule has 1 saturated carbocycles. The van der Waals surface area contributed by atoms with Crippen molar-refractivity contribution >= 4 is 6.03 Å². The van der Waals surface area contributed by atoms with Gasteiger partial charge >= 0.3 is 6.03 Å². The van der Waals surface area contributed by atoms with Gasteiger partial charge in [0.1, 0.15) is 0 Å². The molecule has 0 radical (unpaired) electrons. The van der Waals surface area contributed by atoms with Crippen LogP contribution in [0.5, 0.6) is 0 Å². The van der Waals surface area contributed by atoms with E-state index in [1.54, 1.807) is 0 Å². The summed E-state index contributed by atoms with van der Waals surface area (Å²) in [4.78, 5) is 17.0. The number of likely N-dealkylation sites (tertiary alicyclic amines) is 1. The normalized spacial score (nSPS) is 21.1. The predicted molar refractivity (Wildman–Crippen MR) is 105 cm³/mol. The summed E-state index contributed by atoms with van der Waals surface area (Å²) in [6, 6.07) is 12.8. The highest BCUT2D eigenvalue weighted by atomic mass is 16.2. The Morgan fingerprint density at radius 3 is 2.81 bits per heavy atom. The Morgan fingerprint density at radius 1 is 1.30 bits per heavy atom. The van der Waals surface area contributed by atoms with E-state index in [2.05, 4.69) is 39.6 Å². The minimum atomic E-state index is 0.0494. The van der Waals surface area contributed by atoms with Crippen molar-refractivity contribution in [1.29, 1.82) is 0 Å². The standard InChI is InChI=1S/C21H29N5O/c1-24(19-8-13-25(15-19)14-18-6-3-2-4-7-18)20(27)22-16-21(9-10-21)17-26-12-5-11-23-26/h2-7,11-12,19H,8-10,13-17H2,1H3,(H,22,27)/t19-/m1/s1. The zero-order chi connectivity index (χ0) is 18.7. The molecule has 6 nitrogen and oxygen atoms in total. The Kier molecular flexibility index (Phi) is 5.16. The predicted octanol–water partition coefficient (Wildman–Crippen LogP) is 2.58. The van der Waals surface area contributed by atoms with Crippen molar-refractivity contribution in [3.8, 4) is 0 Å². The molecule has 6 heteroatoms. The van der Waals surface area contributed by atoms with Crippen LogP contribution in [0.2, 0.25) is 0 Å². The van der Waals surface area contributed by atoms with Crippen LogP contribution < -0.4 is 5.32 Å². The van der Waals surface area contributed by atoms with E-state index in [9.17, 15) is 4.79 Å². The van der Waals surface area contributed by atoms with Crippen LogP contribution >= 0.6 is 0 Å². The summed E-state index contributed by atoms with van der Waals surface area (Å²) < 4.78 is 1.97. The van der Waals surface area contributed by atoms with E-state index in [1.807, 2.05) is 41.2 Å². The van der Waals surface area contributed by atoms with Crippen LogP contribution in [0.4, 0.5) is 4.79 Å². The molecule has 2 aromatic rings. The molecule has 0 bridgehead atoms. The molecule has 2 amide bonds. The first-order valence-corrected chi connectivity index (χ1v) is 9.88. The van der Waals surface area contributed by atoms with Crippen LogP contribution in [-0.4, -0.2) is 58.3 Å². The summed E-state index contributed by atoms with van der Waals surface area (Å²) in [7, 11) is 1.93. The minimum Gasteiger partial charge on any atom is -0.337 e. The Bertz CT molecular complexity index is 741. The molecule has 1 aromatic heterocycles. The number of hydrogen-bond acceptors (Lipinski definition) is 3. The third-order valence-electron chi connectivity index (χ3n) is 5.99. The van der Waals surface area contributed by atoms with Gasteiger partial charge in [0.05, 0.1) is 0 Å². The molecule has 2 aliphatic rings. The zero-order valence-electron chi connectivity index (χ0n) is 16.1. The highest BCUT2D eigenvalue weighted by molar-refractivity contribution is 5.74. The average molecular weight is 367 g/mol. The number of nitrogens with zero attached hydrogens (tertiary/aromatic N) is 4. The van der Waals surface area contributed by atoms with Gasteiger partial charge in [-0.2, -0.15) is 5.10 Å². The molecule has 1 saturated heterocycles. The van der Waals surface area contributed by atoms with Crippen LogP contribution in [0.25, 0.3) is 0 Å². The van der Waals surface area contributed by atoms with E-state index in [-0.39, 0.29) is 17.5 Å². The summed E-state index contributed by atoms with van der Waals surface area (Å²) in [6.07, 6.45) is 7.16. The fourth-order valence-electron chi connectivity index (χ4n) is 3.97. The molecule has 1 aliphatic carbocycles. The lowest BCUT2D eigenvalue weighted by Gasteiger charge is -2.26. The first-order valence-electron chi connectivity index (χ1n) is 9.88. The van der Waals surface area contributed by atoms with Crippen LogP contribution in [0.3, 0.4) is 0 Å². The number of hydrogen-bond donors (Lipinski definition) is 1. The number of amides is 2. The Labute approximate surface area is 161 Å². The topological polar surface area (TPSA) is 53.4 Å². The Balaban J connectivity index is 1.23. The van der Waals surface area contributed by atoms with Crippen LogP contribution in [0, 0.1) is 5.41 Å². The van der Waals surface area contributed by atoms with Crippen LogP contribution in [-0.2, 0) is 13.1 Å². The first kappa shape index (κ1) is 18.0. The maximum absolute atomic E-state index is 12.6. The fourth-order valence-corrected chi connectivity index (χ4v) is 3.97. The third kappa shape index (κ3) is 4.50. The summed E-state index contributed by atoms with van der Waals surface area (Å²) in [6.45, 7) is 4.56. The van der Waals surface area contributed by atoms with Gasteiger partial charge < -0.3 is 10.2 Å². The summed E-state index contributed by atoms with van der Waals surface area (Å²) in [5.74, 6) is 0. The second-order valence-corrected chi connectivity index (χ2v) is 8.14. The lowest BCUT2D eigenvalue weighted by molar-refractivity contribution is 0.185. The van der Waals surface area contributed by atoms with Gasteiger partial charge in [-0.05, 0) is 30.9 Å². The average Bonchev–Trinajstić information content (AvgIpc) is 3.06. The Morgan fingerprint density at radius 2 is 2.11 bits per heavy atom. The summed E-state index contributed by atoms with van der Waals surface area (Å²) in [5, 5.41) is 7.46. The van der Waals surface area contributed by atoms with Crippen molar-refractivity contribution in [2.75, 3.05) is 26.7 Å². The maximum atomic E-state index is 12.6. The molecular formula is C21H29N5O. The van der Waals surface area contributed by atoms with Gasteiger partial charge in [-0.25, -0.2) is 4.79 Å². The lowest BCUT2D eigenvalue weighted by atomic mass is 10.1. The minimum absolute atomic E-state index is 0.0494. The quantitative estimate of drug-likeness (QED) is 0.818. The van der Waals surface area contributed by atoms with Crippen molar-refractivity contribution in [2.24, 2.45) is 5.41 Å². The molecule has 4 rings (SSSR count). The van der Waals surface area contributed by atoms with Gasteiger partial charge in [-0.15, -0.1) is 0 Å². The van der Waals surface area contributed by atoms with Crippen molar-refractivity contribution in [3.05, 3.63) is 54.4 Å². The van der Waals surface area contributed by atoms with E-state index in [1.165, 1.54) is 5.56 Å². The SMILES string of the molecule is CN(C(=O)NCC1(Cn2cccn2)CC1)[C@@H]1CCN(Cc2ccccc2)C1. The van der Waals surface area contributed by atoms with Crippen molar-refractivity contribution in [3.63, 3.8) is 0 Å². The maximum Gasteiger partial charge on any atom is 0.317 e. The van der Waals surface area contributed by atoms with Gasteiger partial charge in [-0.3, -0.25) is 9.58 Å². The van der Waals surface area contributed by atoms with Gasteiger partial charge in [0.2, 0.25) is 0 Å². The number of rotatable bonds is 7.